The molecule has 0 aliphatic heterocycles. The van der Waals surface area contributed by atoms with Gasteiger partial charge in [0.25, 0.3) is 0 Å². The molecule has 0 bridgehead atoms. The number of carbonyl (C=O) groups is 1. The van der Waals surface area contributed by atoms with Crippen molar-refractivity contribution in [3.63, 3.8) is 0 Å². The van der Waals surface area contributed by atoms with Crippen LogP contribution in [0.25, 0.3) is 0 Å². The van der Waals surface area contributed by atoms with Gasteiger partial charge in [0, 0.05) is 16.8 Å². The summed E-state index contributed by atoms with van der Waals surface area (Å²) >= 11 is 6.60. The monoisotopic (exact) mass is 390 g/mol. The number of nitrogens with zero attached hydrogens (tertiary/aromatic N) is 2. The molecule has 1 heterocycles. The second-order valence-electron chi connectivity index (χ2n) is 5.30. The molecule has 1 unspecified atom stereocenters. The molecule has 0 N–H and O–H groups in total. The van der Waals surface area contributed by atoms with Crippen molar-refractivity contribution in [1.29, 1.82) is 0 Å². The zero-order valence-electron chi connectivity index (χ0n) is 14.2. The van der Waals surface area contributed by atoms with Crippen LogP contribution in [0.3, 0.4) is 0 Å². The average Bonchev–Trinajstić information content (AvgIpc) is 2.97. The minimum atomic E-state index is 0.111. The number of rotatable bonds is 12. The smallest absolute Gasteiger partial charge is 0.214 e. The van der Waals surface area contributed by atoms with Crippen molar-refractivity contribution in [2.45, 2.75) is 66.8 Å². The first-order valence-electron chi connectivity index (χ1n) is 8.02. The Labute approximate surface area is 156 Å². The SMILES string of the molecule is C=C(C)C(=O)SC(CCCC)CSc1nnc(SCCCC)s1. The van der Waals surface area contributed by atoms with Crippen LogP contribution >= 0.6 is 46.6 Å². The van der Waals surface area contributed by atoms with Crippen LogP contribution in [0, 0.1) is 0 Å². The molecule has 0 radical (unpaired) electrons. The summed E-state index contributed by atoms with van der Waals surface area (Å²) in [5.41, 5.74) is 0.632. The molecule has 0 fully saturated rings. The third-order valence-electron chi connectivity index (χ3n) is 3.01. The number of hydrogen-bond acceptors (Lipinski definition) is 7. The zero-order valence-corrected chi connectivity index (χ0v) is 17.4. The van der Waals surface area contributed by atoms with E-state index in [1.807, 2.05) is 0 Å². The number of aromatic nitrogens is 2. The van der Waals surface area contributed by atoms with Gasteiger partial charge < -0.3 is 0 Å². The molecular weight excluding hydrogens is 364 g/mol. The summed E-state index contributed by atoms with van der Waals surface area (Å²) in [6, 6.07) is 0. The summed E-state index contributed by atoms with van der Waals surface area (Å²) in [5.74, 6) is 2.01. The summed E-state index contributed by atoms with van der Waals surface area (Å²) in [7, 11) is 0. The molecule has 0 saturated carbocycles. The Morgan fingerprint density at radius 3 is 2.43 bits per heavy atom. The maximum atomic E-state index is 11.9. The van der Waals surface area contributed by atoms with Crippen molar-refractivity contribution in [3.8, 4) is 0 Å². The maximum Gasteiger partial charge on any atom is 0.214 e. The van der Waals surface area contributed by atoms with Gasteiger partial charge in [-0.15, -0.1) is 10.2 Å². The molecule has 0 aliphatic carbocycles. The Kier molecular flexibility index (Phi) is 11.3. The van der Waals surface area contributed by atoms with Crippen LogP contribution in [-0.2, 0) is 4.79 Å². The third kappa shape index (κ3) is 9.17. The van der Waals surface area contributed by atoms with Crippen LogP contribution in [0.15, 0.2) is 20.8 Å². The molecular formula is C16H26N2OS4. The summed E-state index contributed by atoms with van der Waals surface area (Å²) in [6.45, 7) is 9.90. The molecule has 7 heteroatoms. The van der Waals surface area contributed by atoms with E-state index < -0.39 is 0 Å². The Morgan fingerprint density at radius 1 is 1.17 bits per heavy atom. The largest absolute Gasteiger partial charge is 0.282 e. The van der Waals surface area contributed by atoms with E-state index in [1.54, 1.807) is 41.8 Å². The van der Waals surface area contributed by atoms with E-state index in [1.165, 1.54) is 24.6 Å². The normalized spacial score (nSPS) is 12.3. The van der Waals surface area contributed by atoms with E-state index in [9.17, 15) is 4.79 Å². The Bertz CT molecular complexity index is 490. The maximum absolute atomic E-state index is 11.9. The summed E-state index contributed by atoms with van der Waals surface area (Å²) < 4.78 is 2.06. The minimum absolute atomic E-state index is 0.111. The van der Waals surface area contributed by atoms with Crippen molar-refractivity contribution in [3.05, 3.63) is 12.2 Å². The van der Waals surface area contributed by atoms with Gasteiger partial charge in [0.15, 0.2) is 8.68 Å². The molecule has 3 nitrogen and oxygen atoms in total. The fraction of sp³-hybridized carbons (Fsp3) is 0.688. The molecule has 1 atom stereocenters. The van der Waals surface area contributed by atoms with E-state index in [-0.39, 0.29) is 5.12 Å². The molecule has 0 aromatic carbocycles. The standard InChI is InChI=1S/C16H26N2OS4/c1-5-7-9-13(22-14(19)12(3)4)11-21-16-18-17-15(23-16)20-10-8-6-2/h13H,3,5-11H2,1-2,4H3. The average molecular weight is 391 g/mol. The minimum Gasteiger partial charge on any atom is -0.282 e. The second kappa shape index (κ2) is 12.4. The highest BCUT2D eigenvalue weighted by Gasteiger charge is 2.16. The van der Waals surface area contributed by atoms with Gasteiger partial charge in [0.2, 0.25) is 5.12 Å². The summed E-state index contributed by atoms with van der Waals surface area (Å²) in [6.07, 6.45) is 5.78. The summed E-state index contributed by atoms with van der Waals surface area (Å²) in [5, 5.41) is 8.93. The lowest BCUT2D eigenvalue weighted by molar-refractivity contribution is -0.107. The van der Waals surface area contributed by atoms with Crippen LogP contribution in [-0.4, -0.2) is 32.1 Å². The van der Waals surface area contributed by atoms with Gasteiger partial charge in [0.05, 0.1) is 0 Å². The quantitative estimate of drug-likeness (QED) is 0.251. The van der Waals surface area contributed by atoms with E-state index in [4.69, 9.17) is 0 Å². The van der Waals surface area contributed by atoms with E-state index >= 15 is 0 Å². The van der Waals surface area contributed by atoms with Crippen LogP contribution in [0.2, 0.25) is 0 Å². The Hall–Kier alpha value is 0.0200. The number of carbonyl (C=O) groups excluding carboxylic acids is 1. The molecule has 1 aromatic rings. The van der Waals surface area contributed by atoms with Crippen molar-refractivity contribution in [2.75, 3.05) is 11.5 Å². The molecule has 0 spiro atoms. The number of thioether (sulfide) groups is 3. The molecule has 0 saturated heterocycles. The highest BCUT2D eigenvalue weighted by atomic mass is 32.2. The fourth-order valence-corrected chi connectivity index (χ4v) is 6.08. The van der Waals surface area contributed by atoms with Crippen molar-refractivity contribution >= 4 is 51.7 Å². The van der Waals surface area contributed by atoms with Crippen LogP contribution in [0.5, 0.6) is 0 Å². The van der Waals surface area contributed by atoms with Gasteiger partial charge in [-0.3, -0.25) is 4.79 Å². The predicted molar refractivity (Wildman–Crippen MR) is 107 cm³/mol. The number of unbranched alkanes of at least 4 members (excludes halogenated alkanes) is 2. The predicted octanol–water partition coefficient (Wildman–Crippen LogP) is 5.92. The van der Waals surface area contributed by atoms with Crippen molar-refractivity contribution in [1.82, 2.24) is 10.2 Å². The highest BCUT2D eigenvalue weighted by Crippen LogP contribution is 2.32. The van der Waals surface area contributed by atoms with Gasteiger partial charge in [-0.2, -0.15) is 0 Å². The second-order valence-corrected chi connectivity index (χ2v) is 10.2. The lowest BCUT2D eigenvalue weighted by Crippen LogP contribution is -2.10. The van der Waals surface area contributed by atoms with Crippen LogP contribution in [0.4, 0.5) is 0 Å². The lowest BCUT2D eigenvalue weighted by atomic mass is 10.2. The van der Waals surface area contributed by atoms with E-state index in [2.05, 4.69) is 30.6 Å². The third-order valence-corrected chi connectivity index (χ3v) is 7.95. The van der Waals surface area contributed by atoms with Crippen LogP contribution in [0.1, 0.15) is 52.9 Å². The van der Waals surface area contributed by atoms with Gasteiger partial charge in [-0.05, 0) is 25.3 Å². The zero-order chi connectivity index (χ0) is 17.1. The number of hydrogen-bond donors (Lipinski definition) is 0. The van der Waals surface area contributed by atoms with Gasteiger partial charge in [0.1, 0.15) is 0 Å². The first kappa shape index (κ1) is 21.1. The van der Waals surface area contributed by atoms with Crippen molar-refractivity contribution < 1.29 is 4.79 Å². The topological polar surface area (TPSA) is 42.9 Å². The van der Waals surface area contributed by atoms with Gasteiger partial charge >= 0.3 is 0 Å². The molecule has 0 aliphatic rings. The molecule has 1 rings (SSSR count). The lowest BCUT2D eigenvalue weighted by Gasteiger charge is -2.14. The Morgan fingerprint density at radius 2 is 1.83 bits per heavy atom. The summed E-state index contributed by atoms with van der Waals surface area (Å²) in [4.78, 5) is 11.9. The van der Waals surface area contributed by atoms with Crippen LogP contribution < -0.4 is 0 Å². The molecule has 130 valence electrons. The Balaban J connectivity index is 2.46. The molecule has 23 heavy (non-hydrogen) atoms. The van der Waals surface area contributed by atoms with E-state index in [0.717, 1.165) is 39.4 Å². The molecule has 1 aromatic heterocycles. The fourth-order valence-electron chi connectivity index (χ4n) is 1.64. The first-order valence-corrected chi connectivity index (χ1v) is 11.7. The van der Waals surface area contributed by atoms with Crippen molar-refractivity contribution in [2.24, 2.45) is 0 Å². The first-order chi connectivity index (χ1) is 11.1. The molecule has 0 amide bonds. The highest BCUT2D eigenvalue weighted by molar-refractivity contribution is 8.15. The van der Waals surface area contributed by atoms with E-state index in [0.29, 0.717) is 10.8 Å². The van der Waals surface area contributed by atoms with Gasteiger partial charge in [-0.25, -0.2) is 0 Å². The van der Waals surface area contributed by atoms with Gasteiger partial charge in [-0.1, -0.05) is 86.3 Å².